The number of hydrogen-bond donors (Lipinski definition) is 0. The molecule has 3 heteroatoms. The monoisotopic (exact) mass is 283 g/mol. The van der Waals surface area contributed by atoms with Crippen LogP contribution in [-0.2, 0) is 20.7 Å². The Hall–Kier alpha value is -2.16. The normalized spacial score (nSPS) is 13.6. The lowest BCUT2D eigenvalue weighted by molar-refractivity contribution is -0.153. The van der Waals surface area contributed by atoms with Crippen molar-refractivity contribution in [3.05, 3.63) is 48.0 Å². The molecule has 0 aliphatic rings. The van der Waals surface area contributed by atoms with E-state index in [1.165, 1.54) is 0 Å². The van der Waals surface area contributed by atoms with Gasteiger partial charge in [0.2, 0.25) is 6.29 Å². The lowest BCUT2D eigenvalue weighted by Crippen LogP contribution is -2.38. The first-order valence-corrected chi connectivity index (χ1v) is 7.22. The average Bonchev–Trinajstić information content (AvgIpc) is 2.54. The van der Waals surface area contributed by atoms with Gasteiger partial charge in [-0.15, -0.1) is 0 Å². The number of esters is 1. The van der Waals surface area contributed by atoms with Gasteiger partial charge in [-0.3, -0.25) is 9.59 Å². The van der Waals surface area contributed by atoms with Crippen LogP contribution in [0.25, 0.3) is 10.8 Å². The van der Waals surface area contributed by atoms with Crippen LogP contribution in [0.2, 0.25) is 0 Å². The van der Waals surface area contributed by atoms with Gasteiger partial charge in [-0.05, 0) is 22.8 Å². The minimum absolute atomic E-state index is 0.249. The van der Waals surface area contributed by atoms with E-state index in [1.54, 1.807) is 6.92 Å². The summed E-state index contributed by atoms with van der Waals surface area (Å²) in [5.41, 5.74) is -0.209. The molecule has 0 saturated carbocycles. The maximum absolute atomic E-state index is 11.6. The maximum Gasteiger partial charge on any atom is 0.306 e. The van der Waals surface area contributed by atoms with Crippen LogP contribution < -0.4 is 0 Å². The molecule has 2 rings (SSSR count). The highest BCUT2D eigenvalue weighted by Gasteiger charge is 2.33. The predicted octanol–water partition coefficient (Wildman–Crippen LogP) is 3.59. The molecule has 0 amide bonds. The van der Waals surface area contributed by atoms with Crippen molar-refractivity contribution in [3.63, 3.8) is 0 Å². The Bertz CT molecular complexity index is 642. The van der Waals surface area contributed by atoms with E-state index in [0.29, 0.717) is 12.8 Å². The van der Waals surface area contributed by atoms with Crippen LogP contribution >= 0.6 is 0 Å². The fourth-order valence-electron chi connectivity index (χ4n) is 2.41. The summed E-state index contributed by atoms with van der Waals surface area (Å²) in [4.78, 5) is 23.0. The van der Waals surface area contributed by atoms with E-state index >= 15 is 0 Å². The smallest absolute Gasteiger partial charge is 0.306 e. The number of hydrogen-bond acceptors (Lipinski definition) is 3. The number of carbonyl (C=O) groups is 1. The molecule has 0 spiro atoms. The second kappa shape index (κ2) is 6.53. The van der Waals surface area contributed by atoms with Crippen LogP contribution in [0.5, 0.6) is 0 Å². The molecule has 0 saturated heterocycles. The van der Waals surface area contributed by atoms with Crippen LogP contribution in [0.4, 0.5) is 0 Å². The maximum atomic E-state index is 11.6. The van der Waals surface area contributed by atoms with E-state index in [4.69, 9.17) is 4.74 Å². The number of carbonyl (C=O) groups excluding carboxylic acids is 2. The highest BCUT2D eigenvalue weighted by atomic mass is 16.6. The predicted molar refractivity (Wildman–Crippen MR) is 82.8 cm³/mol. The molecule has 0 heterocycles. The molecular weight excluding hydrogens is 264 g/mol. The van der Waals surface area contributed by atoms with Crippen molar-refractivity contribution < 1.29 is 14.3 Å². The molecule has 0 fully saturated rings. The third-order valence-corrected chi connectivity index (χ3v) is 3.71. The van der Waals surface area contributed by atoms with Gasteiger partial charge in [0.15, 0.2) is 5.60 Å². The zero-order chi connectivity index (χ0) is 15.3. The summed E-state index contributed by atoms with van der Waals surface area (Å²) in [6, 6.07) is 13.9. The molecule has 0 N–H and O–H groups in total. The highest BCUT2D eigenvalue weighted by Crippen LogP contribution is 2.26. The lowest BCUT2D eigenvalue weighted by Gasteiger charge is -2.26. The first kappa shape index (κ1) is 15.2. The molecule has 0 aliphatic heterocycles. The lowest BCUT2D eigenvalue weighted by atomic mass is 9.90. The Labute approximate surface area is 124 Å². The van der Waals surface area contributed by atoms with E-state index in [0.717, 1.165) is 16.3 Å². The van der Waals surface area contributed by atoms with Gasteiger partial charge in [0.25, 0.3) is 0 Å². The number of benzene rings is 2. The second-order valence-corrected chi connectivity index (χ2v) is 5.09. The summed E-state index contributed by atoms with van der Waals surface area (Å²) in [7, 11) is 0. The van der Waals surface area contributed by atoms with Gasteiger partial charge in [0.05, 0.1) is 0 Å². The van der Waals surface area contributed by atoms with Crippen molar-refractivity contribution in [1.82, 2.24) is 0 Å². The van der Waals surface area contributed by atoms with Gasteiger partial charge in [0, 0.05) is 12.8 Å². The van der Waals surface area contributed by atoms with Crippen molar-refractivity contribution in [1.29, 1.82) is 0 Å². The third kappa shape index (κ3) is 3.30. The summed E-state index contributed by atoms with van der Waals surface area (Å²) in [5, 5.41) is 2.17. The SMILES string of the molecule is CCC(=O)OC([C]=O)(CC)Cc1cccc2ccccc12. The summed E-state index contributed by atoms with van der Waals surface area (Å²) < 4.78 is 5.38. The van der Waals surface area contributed by atoms with Gasteiger partial charge in [-0.1, -0.05) is 56.3 Å². The fourth-order valence-corrected chi connectivity index (χ4v) is 2.41. The van der Waals surface area contributed by atoms with Crippen LogP contribution in [0.15, 0.2) is 42.5 Å². The molecule has 1 atom stereocenters. The van der Waals surface area contributed by atoms with Crippen molar-refractivity contribution in [2.24, 2.45) is 0 Å². The largest absolute Gasteiger partial charge is 0.450 e. The van der Waals surface area contributed by atoms with E-state index in [1.807, 2.05) is 55.7 Å². The zero-order valence-electron chi connectivity index (χ0n) is 12.4. The van der Waals surface area contributed by atoms with Crippen LogP contribution in [-0.4, -0.2) is 17.9 Å². The number of rotatable bonds is 6. The molecular formula is C18H19O3. The minimum Gasteiger partial charge on any atom is -0.450 e. The van der Waals surface area contributed by atoms with Gasteiger partial charge >= 0.3 is 5.97 Å². The van der Waals surface area contributed by atoms with Crippen molar-refractivity contribution in [2.45, 2.75) is 38.7 Å². The van der Waals surface area contributed by atoms with Gasteiger partial charge < -0.3 is 4.74 Å². The van der Waals surface area contributed by atoms with E-state index in [9.17, 15) is 9.59 Å². The average molecular weight is 283 g/mol. The summed E-state index contributed by atoms with van der Waals surface area (Å²) in [6.45, 7) is 3.55. The van der Waals surface area contributed by atoms with Crippen LogP contribution in [0.3, 0.4) is 0 Å². The summed E-state index contributed by atoms with van der Waals surface area (Å²) in [5.74, 6) is -0.375. The molecule has 1 radical (unpaired) electrons. The number of fused-ring (bicyclic) bond motifs is 1. The van der Waals surface area contributed by atoms with E-state index < -0.39 is 5.60 Å². The van der Waals surface area contributed by atoms with Crippen LogP contribution in [0, 0.1) is 0 Å². The van der Waals surface area contributed by atoms with Gasteiger partial charge in [0.1, 0.15) is 0 Å². The first-order valence-electron chi connectivity index (χ1n) is 7.22. The molecule has 1 unspecified atom stereocenters. The van der Waals surface area contributed by atoms with E-state index in [-0.39, 0.29) is 12.4 Å². The molecule has 2 aromatic carbocycles. The highest BCUT2D eigenvalue weighted by molar-refractivity contribution is 5.86. The van der Waals surface area contributed by atoms with Gasteiger partial charge in [-0.2, -0.15) is 0 Å². The Balaban J connectivity index is 2.39. The summed E-state index contributed by atoms with van der Waals surface area (Å²) >= 11 is 0. The first-order chi connectivity index (χ1) is 10.1. The third-order valence-electron chi connectivity index (χ3n) is 3.71. The molecule has 0 aromatic heterocycles. The van der Waals surface area contributed by atoms with Crippen molar-refractivity contribution in [2.75, 3.05) is 0 Å². The molecule has 2 aromatic rings. The van der Waals surface area contributed by atoms with Gasteiger partial charge in [-0.25, -0.2) is 0 Å². The zero-order valence-corrected chi connectivity index (χ0v) is 12.4. The molecule has 3 nitrogen and oxygen atoms in total. The quantitative estimate of drug-likeness (QED) is 0.761. The minimum atomic E-state index is -1.20. The Morgan fingerprint density at radius 2 is 1.86 bits per heavy atom. The molecule has 109 valence electrons. The van der Waals surface area contributed by atoms with Crippen molar-refractivity contribution >= 4 is 23.0 Å². The van der Waals surface area contributed by atoms with E-state index in [2.05, 4.69) is 0 Å². The van der Waals surface area contributed by atoms with Crippen LogP contribution in [0.1, 0.15) is 32.3 Å². The summed E-state index contributed by atoms with van der Waals surface area (Å²) in [6.07, 6.45) is 2.96. The molecule has 0 bridgehead atoms. The Morgan fingerprint density at radius 3 is 2.52 bits per heavy atom. The molecule has 0 aliphatic carbocycles. The molecule has 21 heavy (non-hydrogen) atoms. The topological polar surface area (TPSA) is 43.4 Å². The second-order valence-electron chi connectivity index (χ2n) is 5.09. The Kier molecular flexibility index (Phi) is 4.73. The van der Waals surface area contributed by atoms with Crippen molar-refractivity contribution in [3.8, 4) is 0 Å². The fraction of sp³-hybridized carbons (Fsp3) is 0.333. The Morgan fingerprint density at radius 1 is 1.14 bits per heavy atom. The number of ether oxygens (including phenoxy) is 1. The standard InChI is InChI=1S/C18H19O3/c1-3-17(20)21-18(4-2,13-19)12-15-10-7-9-14-8-5-6-11-16(14)15/h5-11H,3-4,12H2,1-2H3.